The van der Waals surface area contributed by atoms with Crippen molar-refractivity contribution in [2.45, 2.75) is 13.8 Å². The minimum absolute atomic E-state index is 0. The number of ether oxygens (including phenoxy) is 2. The van der Waals surface area contributed by atoms with Crippen molar-refractivity contribution in [3.8, 4) is 0 Å². The van der Waals surface area contributed by atoms with Gasteiger partial charge in [-0.05, 0) is 28.1 Å². The van der Waals surface area contributed by atoms with E-state index in [0.29, 0.717) is 13.2 Å². The van der Waals surface area contributed by atoms with Crippen molar-refractivity contribution in [1.82, 2.24) is 10.6 Å². The molecule has 0 aromatic carbocycles. The van der Waals surface area contributed by atoms with Crippen molar-refractivity contribution in [3.05, 3.63) is 0 Å². The normalized spacial score (nSPS) is 11.5. The molecule has 1 radical (unpaired) electrons. The second kappa shape index (κ2) is 21.5. The number of guanidine groups is 2. The number of halogens is 6. The molecule has 0 fully saturated rings. The van der Waals surface area contributed by atoms with E-state index in [4.69, 9.17) is 31.8 Å². The van der Waals surface area contributed by atoms with Crippen LogP contribution in [0.2, 0.25) is 0 Å². The van der Waals surface area contributed by atoms with Crippen molar-refractivity contribution in [3.63, 3.8) is 0 Å². The van der Waals surface area contributed by atoms with E-state index in [1.54, 1.807) is 13.8 Å². The summed E-state index contributed by atoms with van der Waals surface area (Å²) >= 11 is 0. The number of aliphatic imine (C=N–C) groups is 2. The number of rotatable bonds is 7. The number of nitrogens with zero attached hydrogens (tertiary/aromatic N) is 2. The molecule has 0 aromatic rings. The molecule has 0 spiro atoms. The van der Waals surface area contributed by atoms with Gasteiger partial charge in [0.05, 0.1) is 26.3 Å². The first-order valence-corrected chi connectivity index (χ1v) is 8.65. The summed E-state index contributed by atoms with van der Waals surface area (Å²) in [5.74, 6) is 0.125. The molecule has 0 atom stereocenters. The summed E-state index contributed by atoms with van der Waals surface area (Å²) in [6.45, 7) is 4.82. The molecule has 0 aliphatic heterocycles. The van der Waals surface area contributed by atoms with Gasteiger partial charge in [0.25, 0.3) is 12.0 Å². The van der Waals surface area contributed by atoms with Gasteiger partial charge in [-0.15, -0.1) is 0 Å². The number of hydrogen-bond donors (Lipinski definition) is 6. The maximum Gasteiger partial charge on any atom is 2.00 e. The van der Waals surface area contributed by atoms with Gasteiger partial charge >= 0.3 is 31.4 Å². The van der Waals surface area contributed by atoms with Crippen LogP contribution in [0.15, 0.2) is 9.98 Å². The van der Waals surface area contributed by atoms with Crippen LogP contribution in [-0.4, -0.2) is 78.8 Å². The van der Waals surface area contributed by atoms with Gasteiger partial charge in [-0.2, -0.15) is 0 Å². The fourth-order valence-corrected chi connectivity index (χ4v) is 1.11. The van der Waals surface area contributed by atoms with Crippen LogP contribution < -0.4 is 22.1 Å². The van der Waals surface area contributed by atoms with E-state index < -0.39 is 14.4 Å². The Hall–Kier alpha value is -2.37. The molecule has 12 nitrogen and oxygen atoms in total. The summed E-state index contributed by atoms with van der Waals surface area (Å²) in [5.41, 5.74) is 11.0. The van der Waals surface area contributed by atoms with Gasteiger partial charge in [0, 0.05) is 0 Å². The maximum atomic E-state index is 11.5. The van der Waals surface area contributed by atoms with E-state index in [0.717, 1.165) is 14.2 Å². The smallest absolute Gasteiger partial charge is 0.514 e. The molecule has 0 heterocycles. The molecule has 0 saturated carbocycles. The predicted molar refractivity (Wildman–Crippen MR) is 110 cm³/mol. The minimum atomic E-state index is -6.00. The summed E-state index contributed by atoms with van der Waals surface area (Å²) in [6.07, 6.45) is 0. The first kappa shape index (κ1) is 37.9. The average molecular weight is 548 g/mol. The minimum Gasteiger partial charge on any atom is -0.514 e. The van der Waals surface area contributed by atoms with Gasteiger partial charge in [0.1, 0.15) is 0 Å². The zero-order chi connectivity index (χ0) is 25.8. The molecule has 0 unspecified atom stereocenters. The number of hydrogen-bond acceptors (Lipinski definition) is 8. The van der Waals surface area contributed by atoms with Gasteiger partial charge in [-0.3, -0.25) is 31.4 Å². The van der Waals surface area contributed by atoms with Gasteiger partial charge in [0.15, 0.2) is 11.9 Å². The zero-order valence-corrected chi connectivity index (χ0v) is 19.2. The number of amidine groups is 2. The van der Waals surface area contributed by atoms with Crippen molar-refractivity contribution in [2.24, 2.45) is 21.5 Å². The van der Waals surface area contributed by atoms with Crippen molar-refractivity contribution < 1.29 is 61.7 Å². The SMILES string of the molecule is CCOC(=N)NC(N)=NCCN=C(N)NC(=N)OCC.CO[B-](F)(F)OC.F[B-](F)(F)F.[Cu+2]. The van der Waals surface area contributed by atoms with E-state index in [2.05, 4.69) is 29.9 Å². The standard InChI is InChI=1S/C10H22N8O2.C2H6BF2O2.BF4.Cu/c1-3-19-9(13)17-7(11)15-5-6-16-8(12)18-10(14)20-4-2;1-6-3(4,5)7-2;2-1(3,4)5;/h3-6H2,1-2H3,(H4,11,13,15,17)(H4,12,14,16,18);1-2H3;;/q;2*-1;+2. The summed E-state index contributed by atoms with van der Waals surface area (Å²) in [6, 6.07) is -0.327. The molecule has 199 valence electrons. The van der Waals surface area contributed by atoms with Crippen LogP contribution in [0.4, 0.5) is 25.9 Å². The summed E-state index contributed by atoms with van der Waals surface area (Å²) in [4.78, 5) is 7.84. The summed E-state index contributed by atoms with van der Waals surface area (Å²) in [7, 11) is -8.19. The van der Waals surface area contributed by atoms with E-state index in [-0.39, 0.29) is 54.1 Å². The Balaban J connectivity index is -0.000000266. The average Bonchev–Trinajstić information content (AvgIpc) is 2.64. The molecule has 0 rings (SSSR count). The molecule has 0 saturated heterocycles. The second-order valence-corrected chi connectivity index (χ2v) is 4.81. The quantitative estimate of drug-likeness (QED) is 0.0883. The van der Waals surface area contributed by atoms with Gasteiger partial charge < -0.3 is 56.1 Å². The molecule has 0 aliphatic carbocycles. The van der Waals surface area contributed by atoms with Crippen LogP contribution in [0.25, 0.3) is 0 Å². The zero-order valence-electron chi connectivity index (χ0n) is 18.2. The number of nitrogens with one attached hydrogen (secondary N) is 4. The van der Waals surface area contributed by atoms with Gasteiger partial charge in [0.2, 0.25) is 0 Å². The van der Waals surface area contributed by atoms with Crippen LogP contribution in [0.5, 0.6) is 0 Å². The van der Waals surface area contributed by atoms with Crippen LogP contribution in [0.1, 0.15) is 13.8 Å². The Kier molecular flexibility index (Phi) is 24.7. The van der Waals surface area contributed by atoms with Crippen LogP contribution >= 0.6 is 0 Å². The van der Waals surface area contributed by atoms with E-state index >= 15 is 0 Å². The van der Waals surface area contributed by atoms with E-state index in [1.165, 1.54) is 0 Å². The van der Waals surface area contributed by atoms with Crippen LogP contribution in [0, 0.1) is 10.8 Å². The summed E-state index contributed by atoms with van der Waals surface area (Å²) in [5, 5.41) is 19.5. The molecule has 0 bridgehead atoms. The largest absolute Gasteiger partial charge is 2.00 e. The summed E-state index contributed by atoms with van der Waals surface area (Å²) < 4.78 is 78.9. The predicted octanol–water partition coefficient (Wildman–Crippen LogP) is 0.689. The molecule has 0 aromatic heterocycles. The Morgan fingerprint density at radius 1 is 0.788 bits per heavy atom. The monoisotopic (exact) mass is 547 g/mol. The second-order valence-electron chi connectivity index (χ2n) is 4.81. The van der Waals surface area contributed by atoms with Crippen molar-refractivity contribution in [2.75, 3.05) is 40.5 Å². The topological polar surface area (TPSA) is 185 Å². The third-order valence-electron chi connectivity index (χ3n) is 2.27. The Labute approximate surface area is 197 Å². The van der Waals surface area contributed by atoms with Crippen molar-refractivity contribution >= 4 is 38.3 Å². The first-order chi connectivity index (χ1) is 14.6. The van der Waals surface area contributed by atoms with Gasteiger partial charge in [-0.25, -0.2) is 0 Å². The maximum absolute atomic E-state index is 11.5. The third-order valence-corrected chi connectivity index (χ3v) is 2.27. The molecule has 8 N–H and O–H groups in total. The molecular formula is C12H28B2CuF6N8O4. The Morgan fingerprint density at radius 3 is 1.24 bits per heavy atom. The molecule has 0 aliphatic rings. The molecule has 21 heteroatoms. The van der Waals surface area contributed by atoms with E-state index in [1.807, 2.05) is 0 Å². The fraction of sp³-hybridized carbons (Fsp3) is 0.667. The molecular weight excluding hydrogens is 519 g/mol. The van der Waals surface area contributed by atoms with Crippen LogP contribution in [-0.2, 0) is 35.9 Å². The van der Waals surface area contributed by atoms with Crippen LogP contribution in [0.3, 0.4) is 0 Å². The van der Waals surface area contributed by atoms with Crippen molar-refractivity contribution in [1.29, 1.82) is 10.8 Å². The molecule has 0 amide bonds. The van der Waals surface area contributed by atoms with Gasteiger partial charge in [-0.1, -0.05) is 0 Å². The van der Waals surface area contributed by atoms with E-state index in [9.17, 15) is 25.9 Å². The first-order valence-electron chi connectivity index (χ1n) is 8.65. The Morgan fingerprint density at radius 2 is 1.06 bits per heavy atom. The fourth-order valence-electron chi connectivity index (χ4n) is 1.11. The Bertz CT molecular complexity index is 557. The molecule has 33 heavy (non-hydrogen) atoms. The number of nitrogens with two attached hydrogens (primary N) is 2. The third kappa shape index (κ3) is 37.3.